The van der Waals surface area contributed by atoms with Crippen molar-refractivity contribution in [3.05, 3.63) is 66.2 Å². The lowest BCUT2D eigenvalue weighted by Crippen LogP contribution is -2.25. The number of nitriles is 1. The minimum atomic E-state index is -0.698. The Morgan fingerprint density at radius 1 is 1.11 bits per heavy atom. The van der Waals surface area contributed by atoms with Crippen LogP contribution < -0.4 is 4.74 Å². The number of unbranched alkanes of at least 4 members (excludes halogenated alkanes) is 2. The van der Waals surface area contributed by atoms with Gasteiger partial charge < -0.3 is 9.47 Å². The first kappa shape index (κ1) is 20.3. The van der Waals surface area contributed by atoms with E-state index in [1.807, 2.05) is 42.5 Å². The van der Waals surface area contributed by atoms with E-state index in [9.17, 15) is 10.1 Å². The second-order valence-electron chi connectivity index (χ2n) is 6.38. The van der Waals surface area contributed by atoms with E-state index >= 15 is 0 Å². The van der Waals surface area contributed by atoms with Crippen molar-refractivity contribution in [2.24, 2.45) is 0 Å². The van der Waals surface area contributed by atoms with Crippen molar-refractivity contribution in [3.63, 3.8) is 0 Å². The molecule has 1 atom stereocenters. The lowest BCUT2D eigenvalue weighted by Gasteiger charge is -2.21. The standard InChI is InChI=1S/C23H25NO3/c1-4-5-6-15-22(27-23(25)17(2)3)26-21-14-10-9-13-20(21)19-12-8-7-11-18(19)16-24/h7-14,22H,2,4-6,15H2,1,3H3. The highest BCUT2D eigenvalue weighted by atomic mass is 16.7. The number of para-hydroxylation sites is 1. The van der Waals surface area contributed by atoms with E-state index in [-0.39, 0.29) is 0 Å². The van der Waals surface area contributed by atoms with Crippen LogP contribution in [0.3, 0.4) is 0 Å². The fourth-order valence-corrected chi connectivity index (χ4v) is 2.67. The second kappa shape index (κ2) is 10.2. The van der Waals surface area contributed by atoms with Gasteiger partial charge in [-0.05, 0) is 25.5 Å². The van der Waals surface area contributed by atoms with Gasteiger partial charge in [0, 0.05) is 23.1 Å². The number of hydrogen-bond acceptors (Lipinski definition) is 4. The highest BCUT2D eigenvalue weighted by Gasteiger charge is 2.19. The summed E-state index contributed by atoms with van der Waals surface area (Å²) in [5.74, 6) is 0.114. The number of esters is 1. The van der Waals surface area contributed by atoms with Crippen molar-refractivity contribution in [3.8, 4) is 22.9 Å². The molecule has 0 radical (unpaired) electrons. The van der Waals surface area contributed by atoms with Crippen molar-refractivity contribution < 1.29 is 14.3 Å². The minimum absolute atomic E-state index is 0.335. The Balaban J connectivity index is 2.30. The molecule has 0 bridgehead atoms. The maximum absolute atomic E-state index is 12.0. The van der Waals surface area contributed by atoms with E-state index in [0.29, 0.717) is 23.3 Å². The Morgan fingerprint density at radius 2 is 1.78 bits per heavy atom. The van der Waals surface area contributed by atoms with Crippen molar-refractivity contribution in [2.45, 2.75) is 45.8 Å². The van der Waals surface area contributed by atoms with Crippen molar-refractivity contribution >= 4 is 5.97 Å². The molecule has 0 heterocycles. The number of rotatable bonds is 9. The zero-order chi connectivity index (χ0) is 19.6. The summed E-state index contributed by atoms with van der Waals surface area (Å²) < 4.78 is 11.6. The van der Waals surface area contributed by atoms with Crippen molar-refractivity contribution in [2.75, 3.05) is 0 Å². The summed E-state index contributed by atoms with van der Waals surface area (Å²) >= 11 is 0. The summed E-state index contributed by atoms with van der Waals surface area (Å²) in [6.45, 7) is 7.36. The molecule has 0 aliphatic carbocycles. The average Bonchev–Trinajstić information content (AvgIpc) is 2.68. The number of hydrogen-bond donors (Lipinski definition) is 0. The molecule has 4 heteroatoms. The Morgan fingerprint density at radius 3 is 2.44 bits per heavy atom. The number of nitrogens with zero attached hydrogens (tertiary/aromatic N) is 1. The SMILES string of the molecule is C=C(C)C(=O)OC(CCCCC)Oc1ccccc1-c1ccccc1C#N. The monoisotopic (exact) mass is 363 g/mol. The van der Waals surface area contributed by atoms with E-state index in [0.717, 1.165) is 30.4 Å². The predicted molar refractivity (Wildman–Crippen MR) is 106 cm³/mol. The molecule has 0 fully saturated rings. The Labute approximate surface area is 161 Å². The maximum atomic E-state index is 12.0. The molecule has 27 heavy (non-hydrogen) atoms. The number of benzene rings is 2. The van der Waals surface area contributed by atoms with E-state index in [1.54, 1.807) is 13.0 Å². The van der Waals surface area contributed by atoms with E-state index in [2.05, 4.69) is 19.6 Å². The minimum Gasteiger partial charge on any atom is -0.454 e. The predicted octanol–water partition coefficient (Wildman–Crippen LogP) is 5.63. The lowest BCUT2D eigenvalue weighted by molar-refractivity contribution is -0.159. The summed E-state index contributed by atoms with van der Waals surface area (Å²) in [4.78, 5) is 12.0. The van der Waals surface area contributed by atoms with Gasteiger partial charge >= 0.3 is 5.97 Å². The second-order valence-corrected chi connectivity index (χ2v) is 6.38. The molecule has 2 rings (SSSR count). The summed E-state index contributed by atoms with van der Waals surface area (Å²) in [5, 5.41) is 9.41. The fraction of sp³-hybridized carbons (Fsp3) is 0.304. The molecule has 2 aromatic rings. The van der Waals surface area contributed by atoms with Gasteiger partial charge in [-0.3, -0.25) is 0 Å². The van der Waals surface area contributed by atoms with Gasteiger partial charge in [0.25, 0.3) is 0 Å². The van der Waals surface area contributed by atoms with Crippen LogP contribution in [0.4, 0.5) is 0 Å². The molecule has 0 aliphatic heterocycles. The van der Waals surface area contributed by atoms with E-state index in [1.165, 1.54) is 0 Å². The van der Waals surface area contributed by atoms with Crippen LogP contribution in [0, 0.1) is 11.3 Å². The van der Waals surface area contributed by atoms with Crippen LogP contribution in [0.2, 0.25) is 0 Å². The van der Waals surface area contributed by atoms with Gasteiger partial charge in [0.15, 0.2) is 0 Å². The Kier molecular flexibility index (Phi) is 7.63. The molecule has 4 nitrogen and oxygen atoms in total. The molecule has 2 aromatic carbocycles. The average molecular weight is 363 g/mol. The third kappa shape index (κ3) is 5.72. The first-order chi connectivity index (χ1) is 13.1. The molecule has 0 spiro atoms. The number of carbonyl (C=O) groups is 1. The molecule has 1 unspecified atom stereocenters. The van der Waals surface area contributed by atoms with Gasteiger partial charge in [0.05, 0.1) is 11.6 Å². The summed E-state index contributed by atoms with van der Waals surface area (Å²) in [6.07, 6.45) is 2.88. The van der Waals surface area contributed by atoms with Crippen molar-refractivity contribution in [1.82, 2.24) is 0 Å². The highest BCUT2D eigenvalue weighted by molar-refractivity contribution is 5.87. The molecule has 0 aliphatic rings. The highest BCUT2D eigenvalue weighted by Crippen LogP contribution is 2.33. The molecular formula is C23H25NO3. The van der Waals surface area contributed by atoms with Gasteiger partial charge in [-0.1, -0.05) is 62.7 Å². The van der Waals surface area contributed by atoms with Gasteiger partial charge in [0.2, 0.25) is 6.29 Å². The Hall–Kier alpha value is -3.06. The zero-order valence-corrected chi connectivity index (χ0v) is 15.9. The van der Waals surface area contributed by atoms with Crippen molar-refractivity contribution in [1.29, 1.82) is 5.26 Å². The van der Waals surface area contributed by atoms with Gasteiger partial charge in [-0.25, -0.2) is 4.79 Å². The molecule has 140 valence electrons. The summed E-state index contributed by atoms with van der Waals surface area (Å²) in [6, 6.07) is 17.0. The molecule has 0 saturated carbocycles. The molecule has 0 N–H and O–H groups in total. The van der Waals surface area contributed by atoms with Gasteiger partial charge in [-0.15, -0.1) is 0 Å². The normalized spacial score (nSPS) is 11.3. The van der Waals surface area contributed by atoms with Crippen LogP contribution >= 0.6 is 0 Å². The Bertz CT molecular complexity index is 836. The van der Waals surface area contributed by atoms with E-state index < -0.39 is 12.3 Å². The zero-order valence-electron chi connectivity index (χ0n) is 15.9. The molecule has 0 amide bonds. The number of carbonyl (C=O) groups excluding carboxylic acids is 1. The van der Waals surface area contributed by atoms with Crippen LogP contribution in [-0.2, 0) is 9.53 Å². The molecular weight excluding hydrogens is 338 g/mol. The quantitative estimate of drug-likeness (QED) is 0.251. The van der Waals surface area contributed by atoms with Crippen LogP contribution in [0.15, 0.2) is 60.7 Å². The maximum Gasteiger partial charge on any atom is 0.336 e. The van der Waals surface area contributed by atoms with Crippen LogP contribution in [0.5, 0.6) is 5.75 Å². The fourth-order valence-electron chi connectivity index (χ4n) is 2.67. The van der Waals surface area contributed by atoms with Crippen LogP contribution in [-0.4, -0.2) is 12.3 Å². The van der Waals surface area contributed by atoms with Gasteiger partial charge in [0.1, 0.15) is 5.75 Å². The molecule has 0 saturated heterocycles. The smallest absolute Gasteiger partial charge is 0.336 e. The topological polar surface area (TPSA) is 59.3 Å². The first-order valence-electron chi connectivity index (χ1n) is 9.18. The summed E-state index contributed by atoms with van der Waals surface area (Å²) in [5.41, 5.74) is 2.48. The third-order valence-electron chi connectivity index (χ3n) is 4.11. The number of ether oxygens (including phenoxy) is 2. The van der Waals surface area contributed by atoms with E-state index in [4.69, 9.17) is 9.47 Å². The van der Waals surface area contributed by atoms with Gasteiger partial charge in [-0.2, -0.15) is 5.26 Å². The molecule has 0 aromatic heterocycles. The third-order valence-corrected chi connectivity index (χ3v) is 4.11. The largest absolute Gasteiger partial charge is 0.454 e. The summed E-state index contributed by atoms with van der Waals surface area (Å²) in [7, 11) is 0. The van der Waals surface area contributed by atoms with Crippen LogP contribution in [0.1, 0.15) is 45.1 Å². The first-order valence-corrected chi connectivity index (χ1v) is 9.18. The van der Waals surface area contributed by atoms with Crippen LogP contribution in [0.25, 0.3) is 11.1 Å². The lowest BCUT2D eigenvalue weighted by atomic mass is 9.99.